The fourth-order valence-corrected chi connectivity index (χ4v) is 4.72. The number of nitrogens with zero attached hydrogens (tertiary/aromatic N) is 5. The maximum atomic E-state index is 12.8. The largest absolute Gasteiger partial charge is 0.496 e. The summed E-state index contributed by atoms with van der Waals surface area (Å²) < 4.78 is 8.00. The van der Waals surface area contributed by atoms with E-state index in [1.807, 2.05) is 35.8 Å². The topological polar surface area (TPSA) is 124 Å². The Balaban J connectivity index is 1.51. The van der Waals surface area contributed by atoms with Crippen LogP contribution in [0.25, 0.3) is 5.69 Å². The molecule has 2 aromatic heterocycles. The van der Waals surface area contributed by atoms with Gasteiger partial charge in [0.05, 0.1) is 25.0 Å². The van der Waals surface area contributed by atoms with Gasteiger partial charge in [-0.1, -0.05) is 51.2 Å². The number of amides is 2. The number of benzene rings is 2. The molecule has 2 aromatic carbocycles. The van der Waals surface area contributed by atoms with Crippen molar-refractivity contribution >= 4 is 56.0 Å². The Morgan fingerprint density at radius 1 is 1.09 bits per heavy atom. The number of carbonyl (C=O) groups is 2. The third-order valence-corrected chi connectivity index (χ3v) is 6.86. The van der Waals surface area contributed by atoms with E-state index < -0.39 is 0 Å². The van der Waals surface area contributed by atoms with E-state index in [1.165, 1.54) is 30.2 Å². The molecule has 0 bridgehead atoms. The van der Waals surface area contributed by atoms with Crippen LogP contribution in [0.4, 0.5) is 5.13 Å². The molecule has 0 fully saturated rings. The second-order valence-corrected chi connectivity index (χ2v) is 10.1. The number of halogens is 1. The third-order valence-electron chi connectivity index (χ3n) is 4.65. The van der Waals surface area contributed by atoms with Crippen LogP contribution < -0.4 is 15.4 Å². The summed E-state index contributed by atoms with van der Waals surface area (Å²) in [7, 11) is 1.52. The van der Waals surface area contributed by atoms with Crippen molar-refractivity contribution in [1.82, 2.24) is 30.3 Å². The Hall–Kier alpha value is -3.29. The number of thioether (sulfide) groups is 1. The summed E-state index contributed by atoms with van der Waals surface area (Å²) in [6, 6.07) is 14.6. The van der Waals surface area contributed by atoms with Crippen LogP contribution in [0, 0.1) is 6.92 Å². The average molecular weight is 574 g/mol. The first-order valence-electron chi connectivity index (χ1n) is 10.3. The molecule has 0 saturated carbocycles. The molecule has 0 unspecified atom stereocenters. The first kappa shape index (κ1) is 24.8. The van der Waals surface area contributed by atoms with Crippen molar-refractivity contribution in [2.24, 2.45) is 0 Å². The van der Waals surface area contributed by atoms with Crippen LogP contribution in [0.2, 0.25) is 0 Å². The predicted molar refractivity (Wildman–Crippen MR) is 137 cm³/mol. The first-order valence-corrected chi connectivity index (χ1v) is 12.9. The second kappa shape index (κ2) is 11.4. The molecule has 35 heavy (non-hydrogen) atoms. The van der Waals surface area contributed by atoms with Gasteiger partial charge in [0.15, 0.2) is 11.0 Å². The number of aromatic nitrogens is 5. The van der Waals surface area contributed by atoms with Crippen LogP contribution in [0.15, 0.2) is 58.2 Å². The minimum atomic E-state index is -0.297. The van der Waals surface area contributed by atoms with Gasteiger partial charge in [-0.25, -0.2) is 0 Å². The lowest BCUT2D eigenvalue weighted by Gasteiger charge is -2.12. The van der Waals surface area contributed by atoms with Gasteiger partial charge in [0.1, 0.15) is 10.8 Å². The third kappa shape index (κ3) is 6.24. The number of anilines is 1. The van der Waals surface area contributed by atoms with Gasteiger partial charge in [-0.15, -0.1) is 20.4 Å². The van der Waals surface area contributed by atoms with E-state index >= 15 is 0 Å². The Morgan fingerprint density at radius 3 is 2.57 bits per heavy atom. The fraction of sp³-hybridized carbons (Fsp3) is 0.182. The monoisotopic (exact) mass is 573 g/mol. The van der Waals surface area contributed by atoms with Gasteiger partial charge < -0.3 is 10.1 Å². The quantitative estimate of drug-likeness (QED) is 0.289. The summed E-state index contributed by atoms with van der Waals surface area (Å²) in [5.74, 6) is 0.558. The Morgan fingerprint density at radius 2 is 1.86 bits per heavy atom. The fourth-order valence-electron chi connectivity index (χ4n) is 3.08. The van der Waals surface area contributed by atoms with E-state index in [9.17, 15) is 9.59 Å². The summed E-state index contributed by atoms with van der Waals surface area (Å²) in [5.41, 5.74) is 1.21. The molecule has 0 saturated heterocycles. The minimum Gasteiger partial charge on any atom is -0.496 e. The second-order valence-electron chi connectivity index (χ2n) is 7.06. The molecular weight excluding hydrogens is 554 g/mol. The van der Waals surface area contributed by atoms with Gasteiger partial charge in [0.2, 0.25) is 11.0 Å². The molecule has 4 rings (SSSR count). The van der Waals surface area contributed by atoms with Crippen LogP contribution in [0.1, 0.15) is 21.2 Å². The van der Waals surface area contributed by atoms with Crippen molar-refractivity contribution in [3.8, 4) is 11.4 Å². The summed E-state index contributed by atoms with van der Waals surface area (Å²) in [6.45, 7) is 1.94. The van der Waals surface area contributed by atoms with Crippen molar-refractivity contribution in [3.63, 3.8) is 0 Å². The van der Waals surface area contributed by atoms with E-state index in [2.05, 4.69) is 47.0 Å². The van der Waals surface area contributed by atoms with E-state index in [4.69, 9.17) is 4.74 Å². The number of aryl methyl sites for hydroxylation is 1. The summed E-state index contributed by atoms with van der Waals surface area (Å²) in [5, 5.41) is 23.7. The van der Waals surface area contributed by atoms with Crippen LogP contribution in [-0.2, 0) is 11.3 Å². The molecule has 0 aliphatic rings. The highest BCUT2D eigenvalue weighted by atomic mass is 79.9. The Bertz CT molecular complexity index is 1340. The zero-order valence-electron chi connectivity index (χ0n) is 18.7. The average Bonchev–Trinajstić information content (AvgIpc) is 3.47. The highest BCUT2D eigenvalue weighted by Gasteiger charge is 2.18. The number of hydrogen-bond donors (Lipinski definition) is 2. The lowest BCUT2D eigenvalue weighted by atomic mass is 10.2. The van der Waals surface area contributed by atoms with Crippen molar-refractivity contribution < 1.29 is 14.3 Å². The molecule has 10 nitrogen and oxygen atoms in total. The molecule has 2 N–H and O–H groups in total. The SMILES string of the molecule is COc1ccccc1C(=O)NCc1nnc(SCC(=O)Nc2nnc(C)s2)n1-c1ccc(Br)cc1. The molecule has 2 amide bonds. The molecule has 0 atom stereocenters. The maximum absolute atomic E-state index is 12.8. The van der Waals surface area contributed by atoms with Crippen molar-refractivity contribution in [2.45, 2.75) is 18.6 Å². The summed E-state index contributed by atoms with van der Waals surface area (Å²) in [4.78, 5) is 25.2. The number of nitrogens with one attached hydrogen (secondary N) is 2. The number of hydrogen-bond acceptors (Lipinski definition) is 9. The molecule has 0 aliphatic heterocycles. The number of methoxy groups -OCH3 is 1. The van der Waals surface area contributed by atoms with E-state index in [0.717, 1.165) is 15.2 Å². The molecule has 0 spiro atoms. The number of ether oxygens (including phenoxy) is 1. The molecule has 13 heteroatoms. The zero-order chi connectivity index (χ0) is 24.8. The van der Waals surface area contributed by atoms with Gasteiger partial charge in [0.25, 0.3) is 5.91 Å². The molecule has 4 aromatic rings. The number of carbonyl (C=O) groups excluding carboxylic acids is 2. The lowest BCUT2D eigenvalue weighted by molar-refractivity contribution is -0.113. The Labute approximate surface area is 217 Å². The van der Waals surface area contributed by atoms with Crippen molar-refractivity contribution in [2.75, 3.05) is 18.2 Å². The maximum Gasteiger partial charge on any atom is 0.255 e. The number of rotatable bonds is 9. The van der Waals surface area contributed by atoms with Crippen molar-refractivity contribution in [1.29, 1.82) is 0 Å². The van der Waals surface area contributed by atoms with Gasteiger partial charge >= 0.3 is 0 Å². The molecule has 0 radical (unpaired) electrons. The van der Waals surface area contributed by atoms with Gasteiger partial charge in [-0.2, -0.15) is 0 Å². The van der Waals surface area contributed by atoms with Crippen LogP contribution in [0.5, 0.6) is 5.75 Å². The highest BCUT2D eigenvalue weighted by Crippen LogP contribution is 2.24. The smallest absolute Gasteiger partial charge is 0.255 e. The van der Waals surface area contributed by atoms with E-state index in [-0.39, 0.29) is 24.1 Å². The van der Waals surface area contributed by atoms with E-state index in [0.29, 0.717) is 27.4 Å². The minimum absolute atomic E-state index is 0.0981. The summed E-state index contributed by atoms with van der Waals surface area (Å²) in [6.07, 6.45) is 0. The molecular formula is C22H20BrN7O3S2. The van der Waals surface area contributed by atoms with E-state index in [1.54, 1.807) is 24.3 Å². The molecule has 2 heterocycles. The standard InChI is InChI=1S/C22H20BrN7O3S2/c1-13-26-28-21(35-13)25-19(31)12-34-22-29-27-18(30(22)15-9-7-14(23)8-10-15)11-24-20(32)16-5-3-4-6-17(16)33-2/h3-10H,11-12H2,1-2H3,(H,24,32)(H,25,28,31). The van der Waals surface area contributed by atoms with Gasteiger partial charge in [0, 0.05) is 10.2 Å². The number of para-hydroxylation sites is 1. The molecule has 180 valence electrons. The van der Waals surface area contributed by atoms with Crippen LogP contribution in [0.3, 0.4) is 0 Å². The molecule has 0 aliphatic carbocycles. The lowest BCUT2D eigenvalue weighted by Crippen LogP contribution is -2.25. The highest BCUT2D eigenvalue weighted by molar-refractivity contribution is 9.10. The zero-order valence-corrected chi connectivity index (χ0v) is 21.9. The van der Waals surface area contributed by atoms with Gasteiger partial charge in [-0.3, -0.25) is 19.5 Å². The first-order chi connectivity index (χ1) is 16.9. The van der Waals surface area contributed by atoms with Crippen LogP contribution >= 0.6 is 39.0 Å². The predicted octanol–water partition coefficient (Wildman–Crippen LogP) is 3.86. The van der Waals surface area contributed by atoms with Crippen LogP contribution in [-0.4, -0.2) is 49.6 Å². The van der Waals surface area contributed by atoms with Gasteiger partial charge in [-0.05, 0) is 43.3 Å². The Kier molecular flexibility index (Phi) is 8.10. The van der Waals surface area contributed by atoms with Crippen molar-refractivity contribution in [3.05, 3.63) is 69.4 Å². The normalized spacial score (nSPS) is 10.7. The summed E-state index contributed by atoms with van der Waals surface area (Å²) >= 11 is 5.97.